The minimum absolute atomic E-state index is 0.00433. The minimum atomic E-state index is -0.518. The third-order valence-corrected chi connectivity index (χ3v) is 4.69. The number of aromatic nitrogens is 2. The van der Waals surface area contributed by atoms with Crippen molar-refractivity contribution < 1.29 is 14.3 Å². The van der Waals surface area contributed by atoms with Gasteiger partial charge in [-0.15, -0.1) is 0 Å². The van der Waals surface area contributed by atoms with Crippen molar-refractivity contribution in [1.29, 1.82) is 0 Å². The van der Waals surface area contributed by atoms with Crippen LogP contribution in [0, 0.1) is 12.8 Å². The Labute approximate surface area is 151 Å². The molecule has 1 aliphatic rings. The molecule has 26 heavy (non-hydrogen) atoms. The quantitative estimate of drug-likeness (QED) is 0.760. The van der Waals surface area contributed by atoms with Crippen LogP contribution in [0.5, 0.6) is 0 Å². The predicted molar refractivity (Wildman–Crippen MR) is 96.6 cm³/mol. The number of para-hydroxylation sites is 1. The molecule has 7 heteroatoms. The molecule has 1 heterocycles. The number of carbonyl (C=O) groups is 2. The first-order valence-corrected chi connectivity index (χ1v) is 8.85. The number of ether oxygens (including phenoxy) is 1. The van der Waals surface area contributed by atoms with E-state index in [0.717, 1.165) is 18.4 Å². The maximum Gasteiger partial charge on any atom is 0.308 e. The van der Waals surface area contributed by atoms with E-state index in [4.69, 9.17) is 4.74 Å². The van der Waals surface area contributed by atoms with Crippen molar-refractivity contribution in [1.82, 2.24) is 14.9 Å². The highest BCUT2D eigenvalue weighted by molar-refractivity contribution is 5.81. The van der Waals surface area contributed by atoms with Crippen LogP contribution in [0.25, 0.3) is 10.9 Å². The largest absolute Gasteiger partial charge is 0.456 e. The van der Waals surface area contributed by atoms with E-state index in [0.29, 0.717) is 16.8 Å². The fraction of sp³-hybridized carbons (Fsp3) is 0.474. The number of hydrogen-bond acceptors (Lipinski definition) is 5. The Hall–Kier alpha value is -2.70. The third kappa shape index (κ3) is 4.28. The predicted octanol–water partition coefficient (Wildman–Crippen LogP) is 1.55. The van der Waals surface area contributed by atoms with Gasteiger partial charge in [-0.1, -0.05) is 12.1 Å². The van der Waals surface area contributed by atoms with Gasteiger partial charge in [0.2, 0.25) is 0 Å². The van der Waals surface area contributed by atoms with Crippen LogP contribution in [0.3, 0.4) is 0 Å². The van der Waals surface area contributed by atoms with Crippen molar-refractivity contribution >= 4 is 22.8 Å². The summed E-state index contributed by atoms with van der Waals surface area (Å²) in [5.41, 5.74) is 1.40. The highest BCUT2D eigenvalue weighted by Gasteiger charge is 2.28. The smallest absolute Gasteiger partial charge is 0.308 e. The Bertz CT molecular complexity index is 886. The Morgan fingerprint density at radius 1 is 1.38 bits per heavy atom. The van der Waals surface area contributed by atoms with E-state index in [9.17, 15) is 14.4 Å². The average molecular weight is 357 g/mol. The zero-order valence-electron chi connectivity index (χ0n) is 15.0. The van der Waals surface area contributed by atoms with Crippen LogP contribution in [-0.4, -0.2) is 34.1 Å². The molecule has 0 saturated heterocycles. The lowest BCUT2D eigenvalue weighted by atomic mass is 10.1. The van der Waals surface area contributed by atoms with E-state index < -0.39 is 5.97 Å². The van der Waals surface area contributed by atoms with Gasteiger partial charge < -0.3 is 10.1 Å². The number of amides is 1. The molecular formula is C19H23N3O4. The Kier molecular flexibility index (Phi) is 5.35. The summed E-state index contributed by atoms with van der Waals surface area (Å²) in [5, 5.41) is 3.35. The van der Waals surface area contributed by atoms with Crippen molar-refractivity contribution in [2.24, 2.45) is 5.92 Å². The SMILES string of the molecule is Cc1cccc2c(=O)n(CCC(=O)OCC(=O)NC(C)C3CC3)cnc12. The maximum absolute atomic E-state index is 12.5. The molecular weight excluding hydrogens is 334 g/mol. The van der Waals surface area contributed by atoms with Gasteiger partial charge in [-0.05, 0) is 44.2 Å². The molecule has 1 aromatic carbocycles. The van der Waals surface area contributed by atoms with Gasteiger partial charge in [0, 0.05) is 12.6 Å². The number of carbonyl (C=O) groups excluding carboxylic acids is 2. The van der Waals surface area contributed by atoms with E-state index >= 15 is 0 Å². The molecule has 1 fully saturated rings. The van der Waals surface area contributed by atoms with Crippen molar-refractivity contribution in [3.8, 4) is 0 Å². The van der Waals surface area contributed by atoms with Crippen molar-refractivity contribution in [2.75, 3.05) is 6.61 Å². The average Bonchev–Trinajstić information content (AvgIpc) is 3.45. The molecule has 7 nitrogen and oxygen atoms in total. The lowest BCUT2D eigenvalue weighted by Gasteiger charge is -2.13. The number of fused-ring (bicyclic) bond motifs is 1. The number of benzene rings is 1. The summed E-state index contributed by atoms with van der Waals surface area (Å²) in [5.74, 6) is -0.265. The molecule has 0 aliphatic heterocycles. The van der Waals surface area contributed by atoms with E-state index in [1.165, 1.54) is 10.9 Å². The second kappa shape index (κ2) is 7.68. The monoisotopic (exact) mass is 357 g/mol. The Morgan fingerprint density at radius 2 is 2.15 bits per heavy atom. The zero-order chi connectivity index (χ0) is 18.7. The van der Waals surface area contributed by atoms with Crippen molar-refractivity contribution in [3.63, 3.8) is 0 Å². The molecule has 3 rings (SSSR count). The summed E-state index contributed by atoms with van der Waals surface area (Å²) in [4.78, 5) is 40.3. The van der Waals surface area contributed by atoms with E-state index in [-0.39, 0.29) is 37.1 Å². The number of rotatable bonds is 7. The van der Waals surface area contributed by atoms with Crippen LogP contribution in [-0.2, 0) is 20.9 Å². The summed E-state index contributed by atoms with van der Waals surface area (Å²) in [7, 11) is 0. The first-order valence-electron chi connectivity index (χ1n) is 8.85. The number of nitrogens with zero attached hydrogens (tertiary/aromatic N) is 2. The lowest BCUT2D eigenvalue weighted by Crippen LogP contribution is -2.37. The van der Waals surface area contributed by atoms with Gasteiger partial charge in [-0.2, -0.15) is 0 Å². The summed E-state index contributed by atoms with van der Waals surface area (Å²) >= 11 is 0. The van der Waals surface area contributed by atoms with Gasteiger partial charge in [0.15, 0.2) is 6.61 Å². The molecule has 1 unspecified atom stereocenters. The Morgan fingerprint density at radius 3 is 2.88 bits per heavy atom. The van der Waals surface area contributed by atoms with Crippen LogP contribution < -0.4 is 10.9 Å². The Balaban J connectivity index is 1.51. The molecule has 2 aromatic rings. The van der Waals surface area contributed by atoms with Gasteiger partial charge in [0.1, 0.15) is 0 Å². The van der Waals surface area contributed by atoms with Gasteiger partial charge >= 0.3 is 5.97 Å². The van der Waals surface area contributed by atoms with Crippen molar-refractivity contribution in [3.05, 3.63) is 40.4 Å². The normalized spacial score (nSPS) is 14.8. The first kappa shape index (κ1) is 18.1. The van der Waals surface area contributed by atoms with E-state index in [2.05, 4.69) is 10.3 Å². The molecule has 0 bridgehead atoms. The van der Waals surface area contributed by atoms with E-state index in [1.54, 1.807) is 12.1 Å². The molecule has 1 saturated carbocycles. The second-order valence-electron chi connectivity index (χ2n) is 6.82. The summed E-state index contributed by atoms with van der Waals surface area (Å²) < 4.78 is 6.37. The summed E-state index contributed by atoms with van der Waals surface area (Å²) in [6.45, 7) is 3.72. The van der Waals surface area contributed by atoms with Gasteiger partial charge in [0.25, 0.3) is 11.5 Å². The van der Waals surface area contributed by atoms with Gasteiger partial charge in [-0.3, -0.25) is 19.0 Å². The molecule has 138 valence electrons. The van der Waals surface area contributed by atoms with Gasteiger partial charge in [0.05, 0.1) is 23.7 Å². The maximum atomic E-state index is 12.5. The number of nitrogens with one attached hydrogen (secondary N) is 1. The van der Waals surface area contributed by atoms with Crippen LogP contribution in [0.4, 0.5) is 0 Å². The standard InChI is InChI=1S/C19H23N3O4/c1-12-4-3-5-15-18(12)20-11-22(19(15)25)9-8-17(24)26-10-16(23)21-13(2)14-6-7-14/h3-5,11,13-14H,6-10H2,1-2H3,(H,21,23). The number of aryl methyl sites for hydroxylation is 2. The second-order valence-corrected chi connectivity index (χ2v) is 6.82. The molecule has 1 atom stereocenters. The van der Waals surface area contributed by atoms with E-state index in [1.807, 2.05) is 19.9 Å². The third-order valence-electron chi connectivity index (χ3n) is 4.69. The van der Waals surface area contributed by atoms with Crippen LogP contribution in [0.2, 0.25) is 0 Å². The topological polar surface area (TPSA) is 90.3 Å². The zero-order valence-corrected chi connectivity index (χ0v) is 15.0. The fourth-order valence-corrected chi connectivity index (χ4v) is 2.94. The highest BCUT2D eigenvalue weighted by atomic mass is 16.5. The lowest BCUT2D eigenvalue weighted by molar-refractivity contribution is -0.149. The molecule has 1 amide bonds. The molecule has 0 radical (unpaired) electrons. The van der Waals surface area contributed by atoms with Gasteiger partial charge in [-0.25, -0.2) is 4.98 Å². The summed E-state index contributed by atoms with van der Waals surface area (Å²) in [6.07, 6.45) is 3.71. The molecule has 1 aromatic heterocycles. The van der Waals surface area contributed by atoms with Crippen molar-refractivity contribution in [2.45, 2.75) is 45.7 Å². The molecule has 1 aliphatic carbocycles. The van der Waals surface area contributed by atoms with Crippen LogP contribution in [0.15, 0.2) is 29.3 Å². The fourth-order valence-electron chi connectivity index (χ4n) is 2.94. The summed E-state index contributed by atoms with van der Waals surface area (Å²) in [6, 6.07) is 5.54. The minimum Gasteiger partial charge on any atom is -0.456 e. The van der Waals surface area contributed by atoms with Crippen LogP contribution >= 0.6 is 0 Å². The number of esters is 1. The first-order chi connectivity index (χ1) is 12.5. The number of hydrogen-bond donors (Lipinski definition) is 1. The van der Waals surface area contributed by atoms with Crippen LogP contribution in [0.1, 0.15) is 31.7 Å². The molecule has 1 N–H and O–H groups in total. The highest BCUT2D eigenvalue weighted by Crippen LogP contribution is 2.32. The molecule has 0 spiro atoms.